The fourth-order valence-corrected chi connectivity index (χ4v) is 3.52. The van der Waals surface area contributed by atoms with Crippen LogP contribution in [0.1, 0.15) is 57.1 Å². The van der Waals surface area contributed by atoms with Gasteiger partial charge in [0, 0.05) is 36.9 Å². The quantitative estimate of drug-likeness (QED) is 0.293. The molecule has 0 radical (unpaired) electrons. The molecule has 1 aliphatic heterocycles. The number of primary amides is 1. The zero-order valence-electron chi connectivity index (χ0n) is 26.5. The highest BCUT2D eigenvalue weighted by molar-refractivity contribution is 6.30. The molecule has 2 aliphatic rings. The van der Waals surface area contributed by atoms with Crippen molar-refractivity contribution < 1.29 is 19.1 Å². The molecule has 4 rings (SSSR count). The highest BCUT2D eigenvalue weighted by Gasteiger charge is 2.21. The third kappa shape index (κ3) is 20.2. The fraction of sp³-hybridized carbons (Fsp3) is 0.485. The molecule has 11 heteroatoms. The van der Waals surface area contributed by atoms with E-state index in [1.165, 1.54) is 31.2 Å². The number of carbonyl (C=O) groups is 3. The Bertz CT molecular complexity index is 1100. The first kappa shape index (κ1) is 38.3. The lowest BCUT2D eigenvalue weighted by molar-refractivity contribution is -0.128. The zero-order valence-corrected chi connectivity index (χ0v) is 27.2. The number of aryl methyl sites for hydroxylation is 2. The Labute approximate surface area is 267 Å². The summed E-state index contributed by atoms with van der Waals surface area (Å²) in [5, 5.41) is 14.6. The van der Waals surface area contributed by atoms with E-state index < -0.39 is 23.9 Å². The Kier molecular flexibility index (Phi) is 20.6. The Morgan fingerprint density at radius 3 is 2.27 bits per heavy atom. The van der Waals surface area contributed by atoms with Crippen LogP contribution in [0.15, 0.2) is 60.8 Å². The van der Waals surface area contributed by atoms with Crippen molar-refractivity contribution in [1.29, 1.82) is 0 Å². The molecule has 2 aromatic carbocycles. The summed E-state index contributed by atoms with van der Waals surface area (Å²) in [6, 6.07) is 13.8. The first-order valence-electron chi connectivity index (χ1n) is 15.3. The average molecular weight is 631 g/mol. The predicted octanol–water partition coefficient (Wildman–Crippen LogP) is 4.21. The summed E-state index contributed by atoms with van der Waals surface area (Å²) in [4.78, 5) is 35.7. The van der Waals surface area contributed by atoms with E-state index in [1.54, 1.807) is 0 Å². The predicted molar refractivity (Wildman–Crippen MR) is 179 cm³/mol. The number of benzene rings is 2. The molecule has 1 unspecified atom stereocenters. The van der Waals surface area contributed by atoms with Crippen LogP contribution in [-0.4, -0.2) is 63.2 Å². The lowest BCUT2D eigenvalue weighted by atomic mass is 10.1. The third-order valence-corrected chi connectivity index (χ3v) is 6.02. The van der Waals surface area contributed by atoms with Gasteiger partial charge < -0.3 is 37.1 Å². The number of carbonyl (C=O) groups excluding carboxylic acids is 3. The van der Waals surface area contributed by atoms with Gasteiger partial charge in [-0.05, 0) is 43.5 Å². The minimum atomic E-state index is -0.937. The number of hydrogen-bond donors (Lipinski definition) is 6. The molecule has 7 N–H and O–H groups in total. The van der Waals surface area contributed by atoms with Gasteiger partial charge in [0.25, 0.3) is 0 Å². The van der Waals surface area contributed by atoms with Gasteiger partial charge in [0.1, 0.15) is 18.4 Å². The van der Waals surface area contributed by atoms with Gasteiger partial charge >= 0.3 is 6.03 Å². The normalized spacial score (nSPS) is 17.1. The first-order valence-corrected chi connectivity index (χ1v) is 15.7. The van der Waals surface area contributed by atoms with Crippen molar-refractivity contribution in [2.75, 3.05) is 39.3 Å². The Morgan fingerprint density at radius 2 is 1.66 bits per heavy atom. The Morgan fingerprint density at radius 1 is 1.00 bits per heavy atom. The van der Waals surface area contributed by atoms with Crippen LogP contribution in [0.25, 0.3) is 0 Å². The van der Waals surface area contributed by atoms with E-state index in [9.17, 15) is 14.4 Å². The maximum Gasteiger partial charge on any atom is 0.312 e. The van der Waals surface area contributed by atoms with Crippen molar-refractivity contribution in [1.82, 2.24) is 26.6 Å². The van der Waals surface area contributed by atoms with Gasteiger partial charge in [-0.25, -0.2) is 4.79 Å². The first-order chi connectivity index (χ1) is 21.2. The molecule has 10 nitrogen and oxygen atoms in total. The molecule has 1 atom stereocenters. The van der Waals surface area contributed by atoms with Gasteiger partial charge in [0.15, 0.2) is 0 Å². The fourth-order valence-electron chi connectivity index (χ4n) is 3.40. The minimum Gasteiger partial charge on any atom is -0.492 e. The SMILES string of the molecule is C1CC1.C=C1CNCCOc2ccccc2CCCNC(=O)C(CNC(N)=O)NC(=O)CN1.CCC.Cc1ccc(Cl)cc1. The average Bonchev–Trinajstić information content (AvgIpc) is 3.88. The van der Waals surface area contributed by atoms with Crippen molar-refractivity contribution in [2.24, 2.45) is 5.73 Å². The number of rotatable bonds is 2. The zero-order chi connectivity index (χ0) is 32.6. The molecule has 0 spiro atoms. The second kappa shape index (κ2) is 23.7. The molecule has 44 heavy (non-hydrogen) atoms. The summed E-state index contributed by atoms with van der Waals surface area (Å²) in [7, 11) is 0. The maximum atomic E-state index is 12.5. The second-order valence-corrected chi connectivity index (χ2v) is 10.8. The Hall–Kier alpha value is -3.76. The molecular weight excluding hydrogens is 580 g/mol. The molecule has 1 fully saturated rings. The smallest absolute Gasteiger partial charge is 0.312 e. The van der Waals surface area contributed by atoms with Gasteiger partial charge in [-0.2, -0.15) is 0 Å². The summed E-state index contributed by atoms with van der Waals surface area (Å²) in [5.74, 6) is 0.0173. The van der Waals surface area contributed by atoms with Crippen LogP contribution in [0.5, 0.6) is 5.75 Å². The number of fused-ring (bicyclic) bond motifs is 1. The van der Waals surface area contributed by atoms with Crippen molar-refractivity contribution in [2.45, 2.75) is 65.3 Å². The molecule has 1 saturated carbocycles. The number of para-hydroxylation sites is 1. The highest BCUT2D eigenvalue weighted by Crippen LogP contribution is 2.19. The number of hydrogen-bond acceptors (Lipinski definition) is 6. The molecule has 2 aromatic rings. The number of amides is 4. The van der Waals surface area contributed by atoms with Crippen molar-refractivity contribution in [3.8, 4) is 5.75 Å². The third-order valence-electron chi connectivity index (χ3n) is 5.77. The van der Waals surface area contributed by atoms with E-state index in [0.717, 1.165) is 22.8 Å². The monoisotopic (exact) mass is 630 g/mol. The maximum absolute atomic E-state index is 12.5. The molecular formula is C33H51ClN6O4. The van der Waals surface area contributed by atoms with E-state index >= 15 is 0 Å². The van der Waals surface area contributed by atoms with Crippen LogP contribution in [0.2, 0.25) is 5.02 Å². The molecule has 1 aliphatic carbocycles. The summed E-state index contributed by atoms with van der Waals surface area (Å²) >= 11 is 5.61. The van der Waals surface area contributed by atoms with Crippen LogP contribution in [-0.2, 0) is 16.0 Å². The molecule has 1 heterocycles. The van der Waals surface area contributed by atoms with Crippen LogP contribution < -0.4 is 37.1 Å². The van der Waals surface area contributed by atoms with Gasteiger partial charge in [-0.1, -0.05) is 93.6 Å². The topological polar surface area (TPSA) is 147 Å². The lowest BCUT2D eigenvalue weighted by Crippen LogP contribution is -2.54. The number of ether oxygens (including phenoxy) is 1. The number of nitrogens with one attached hydrogen (secondary N) is 5. The van der Waals surface area contributed by atoms with Crippen LogP contribution >= 0.6 is 11.6 Å². The minimum absolute atomic E-state index is 0.0509. The number of nitrogens with two attached hydrogens (primary N) is 1. The molecule has 244 valence electrons. The van der Waals surface area contributed by atoms with E-state index in [0.29, 0.717) is 38.4 Å². The summed E-state index contributed by atoms with van der Waals surface area (Å²) in [5.41, 5.74) is 8.01. The van der Waals surface area contributed by atoms with Gasteiger partial charge in [-0.15, -0.1) is 0 Å². The standard InChI is InChI=1S/C20H30N6O4.C7H7Cl.C3H6.C3H8/c1-14-11-22-9-10-30-17-7-3-2-5-15(17)6-4-8-23-19(28)16(12-25-20(21)29)26-18(27)13-24-14;1-6-2-4-7(8)5-3-6;1-2-3-1;1-3-2/h2-3,5,7,16,22,24H,1,4,6,8-13H2,(H,23,28)(H,26,27)(H3,21,25,29);2-5H,1H3;1-3H2;3H2,1-2H3. The Balaban J connectivity index is 0.000000563. The van der Waals surface area contributed by atoms with E-state index in [1.807, 2.05) is 55.5 Å². The molecule has 0 bridgehead atoms. The molecule has 4 amide bonds. The van der Waals surface area contributed by atoms with E-state index in [4.69, 9.17) is 22.1 Å². The summed E-state index contributed by atoms with van der Waals surface area (Å²) < 4.78 is 5.86. The molecule has 0 saturated heterocycles. The summed E-state index contributed by atoms with van der Waals surface area (Å²) in [6.07, 6.45) is 7.16. The van der Waals surface area contributed by atoms with Crippen LogP contribution in [0.3, 0.4) is 0 Å². The summed E-state index contributed by atoms with van der Waals surface area (Å²) in [6.45, 7) is 12.0. The largest absolute Gasteiger partial charge is 0.492 e. The second-order valence-electron chi connectivity index (χ2n) is 10.4. The van der Waals surface area contributed by atoms with Gasteiger partial charge in [-0.3, -0.25) is 9.59 Å². The van der Waals surface area contributed by atoms with E-state index in [2.05, 4.69) is 47.0 Å². The van der Waals surface area contributed by atoms with Crippen molar-refractivity contribution >= 4 is 29.4 Å². The van der Waals surface area contributed by atoms with Gasteiger partial charge in [0.05, 0.1) is 6.54 Å². The van der Waals surface area contributed by atoms with Gasteiger partial charge in [0.2, 0.25) is 11.8 Å². The molecule has 0 aromatic heterocycles. The van der Waals surface area contributed by atoms with E-state index in [-0.39, 0.29) is 13.1 Å². The number of urea groups is 1. The highest BCUT2D eigenvalue weighted by atomic mass is 35.5. The number of halogens is 1. The van der Waals surface area contributed by atoms with Crippen LogP contribution in [0.4, 0.5) is 4.79 Å². The van der Waals surface area contributed by atoms with Crippen molar-refractivity contribution in [3.05, 3.63) is 77.0 Å². The van der Waals surface area contributed by atoms with Crippen molar-refractivity contribution in [3.63, 3.8) is 0 Å². The van der Waals surface area contributed by atoms with Crippen LogP contribution in [0, 0.1) is 6.92 Å². The lowest BCUT2D eigenvalue weighted by Gasteiger charge is -2.20.